The lowest BCUT2D eigenvalue weighted by atomic mass is 10.1. The predicted molar refractivity (Wildman–Crippen MR) is 137 cm³/mol. The van der Waals surface area contributed by atoms with E-state index in [1.54, 1.807) is 4.90 Å². The Hall–Kier alpha value is -1.89. The zero-order chi connectivity index (χ0) is 24.1. The largest absolute Gasteiger partial charge is 0.343 e. The number of hydrogen-bond acceptors (Lipinski definition) is 4. The van der Waals surface area contributed by atoms with Crippen LogP contribution in [-0.4, -0.2) is 96.9 Å². The molecule has 2 amide bonds. The van der Waals surface area contributed by atoms with E-state index < -0.39 is 0 Å². The first-order valence-corrected chi connectivity index (χ1v) is 12.7. The molecule has 1 aromatic rings. The molecule has 0 saturated carbocycles. The minimum absolute atomic E-state index is 0.241. The van der Waals surface area contributed by atoms with Gasteiger partial charge in [0.2, 0.25) is 12.3 Å². The maximum atomic E-state index is 12.4. The van der Waals surface area contributed by atoms with E-state index in [9.17, 15) is 9.59 Å². The zero-order valence-electron chi connectivity index (χ0n) is 20.6. The second kappa shape index (κ2) is 15.1. The van der Waals surface area contributed by atoms with Crippen LogP contribution in [0.3, 0.4) is 0 Å². The first-order valence-electron chi connectivity index (χ1n) is 12.3. The number of benzene rings is 1. The van der Waals surface area contributed by atoms with Gasteiger partial charge in [-0.15, -0.1) is 0 Å². The lowest BCUT2D eigenvalue weighted by Crippen LogP contribution is -2.54. The van der Waals surface area contributed by atoms with Crippen molar-refractivity contribution in [3.63, 3.8) is 0 Å². The molecule has 184 valence electrons. The number of carbonyl (C=O) groups excluding carboxylic acids is 2. The smallest absolute Gasteiger partial charge is 0.236 e. The molecular weight excluding hydrogens is 436 g/mol. The van der Waals surface area contributed by atoms with Crippen molar-refractivity contribution in [1.29, 1.82) is 0 Å². The highest BCUT2D eigenvalue weighted by Crippen LogP contribution is 2.13. The molecule has 1 atom stereocenters. The van der Waals surface area contributed by atoms with Crippen LogP contribution in [0.1, 0.15) is 45.6 Å². The van der Waals surface area contributed by atoms with Gasteiger partial charge < -0.3 is 9.80 Å². The first-order chi connectivity index (χ1) is 16.0. The van der Waals surface area contributed by atoms with Crippen LogP contribution in [-0.2, 0) is 9.59 Å². The number of nitrogens with zero attached hydrogens (tertiary/aromatic N) is 4. The normalized spacial score (nSPS) is 18.7. The average molecular weight is 477 g/mol. The first kappa shape index (κ1) is 27.4. The molecule has 6 nitrogen and oxygen atoms in total. The summed E-state index contributed by atoms with van der Waals surface area (Å²) in [4.78, 5) is 31.6. The van der Waals surface area contributed by atoms with E-state index in [0.29, 0.717) is 12.6 Å². The van der Waals surface area contributed by atoms with Crippen LogP contribution in [0.5, 0.6) is 0 Å². The number of rotatable bonds is 8. The Morgan fingerprint density at radius 2 is 1.67 bits per heavy atom. The summed E-state index contributed by atoms with van der Waals surface area (Å²) in [6, 6.07) is 8.38. The summed E-state index contributed by atoms with van der Waals surface area (Å²) < 4.78 is 0. The predicted octanol–water partition coefficient (Wildman–Crippen LogP) is 3.86. The molecule has 0 aromatic heterocycles. The van der Waals surface area contributed by atoms with Crippen molar-refractivity contribution in [3.8, 4) is 0 Å². The van der Waals surface area contributed by atoms with Crippen molar-refractivity contribution < 1.29 is 9.59 Å². The van der Waals surface area contributed by atoms with E-state index in [0.717, 1.165) is 63.8 Å². The summed E-state index contributed by atoms with van der Waals surface area (Å²) >= 11 is 5.69. The summed E-state index contributed by atoms with van der Waals surface area (Å²) in [5.41, 5.74) is 1.19. The van der Waals surface area contributed by atoms with Gasteiger partial charge in [0, 0.05) is 63.4 Å². The van der Waals surface area contributed by atoms with Gasteiger partial charge in [0.15, 0.2) is 0 Å². The highest BCUT2D eigenvalue weighted by molar-refractivity contribution is 6.30. The molecule has 2 aliphatic heterocycles. The fourth-order valence-electron chi connectivity index (χ4n) is 4.18. The molecule has 0 bridgehead atoms. The summed E-state index contributed by atoms with van der Waals surface area (Å²) in [7, 11) is 0. The summed E-state index contributed by atoms with van der Waals surface area (Å²) in [5, 5.41) is 0.785. The maximum Gasteiger partial charge on any atom is 0.236 e. The SMILES string of the molecule is C/C=C/c1ccc(Cl)cc1.CCCCC(C)N1CCN(C(=O)CN2CCN(C=O)CC2)CC1. The topological polar surface area (TPSA) is 47.1 Å². The molecule has 1 aromatic carbocycles. The lowest BCUT2D eigenvalue weighted by molar-refractivity contribution is -0.135. The molecule has 2 fully saturated rings. The molecule has 0 spiro atoms. The average Bonchev–Trinajstić information content (AvgIpc) is 2.85. The monoisotopic (exact) mass is 476 g/mol. The number of unbranched alkanes of at least 4 members (excludes halogenated alkanes) is 1. The van der Waals surface area contributed by atoms with Gasteiger partial charge in [-0.25, -0.2) is 0 Å². The van der Waals surface area contributed by atoms with Gasteiger partial charge in [-0.3, -0.25) is 19.4 Å². The lowest BCUT2D eigenvalue weighted by Gasteiger charge is -2.39. The Bertz CT molecular complexity index is 724. The van der Waals surface area contributed by atoms with Crippen molar-refractivity contribution in [2.75, 3.05) is 58.9 Å². The van der Waals surface area contributed by atoms with Crippen LogP contribution < -0.4 is 0 Å². The van der Waals surface area contributed by atoms with E-state index in [2.05, 4.69) is 23.6 Å². The van der Waals surface area contributed by atoms with Crippen LogP contribution in [0.15, 0.2) is 30.3 Å². The molecule has 3 rings (SSSR count). The van der Waals surface area contributed by atoms with Gasteiger partial charge >= 0.3 is 0 Å². The molecule has 33 heavy (non-hydrogen) atoms. The van der Waals surface area contributed by atoms with Gasteiger partial charge in [0.25, 0.3) is 0 Å². The highest BCUT2D eigenvalue weighted by atomic mass is 35.5. The number of allylic oxidation sites excluding steroid dienone is 1. The quantitative estimate of drug-likeness (QED) is 0.534. The fraction of sp³-hybridized carbons (Fsp3) is 0.615. The minimum Gasteiger partial charge on any atom is -0.343 e. The van der Waals surface area contributed by atoms with E-state index in [4.69, 9.17) is 11.6 Å². The third-order valence-electron chi connectivity index (χ3n) is 6.41. The zero-order valence-corrected chi connectivity index (χ0v) is 21.3. The fourth-order valence-corrected chi connectivity index (χ4v) is 4.30. The van der Waals surface area contributed by atoms with Gasteiger partial charge in [0.05, 0.1) is 6.54 Å². The number of amides is 2. The third kappa shape index (κ3) is 9.86. The Morgan fingerprint density at radius 3 is 2.21 bits per heavy atom. The van der Waals surface area contributed by atoms with Crippen molar-refractivity contribution in [1.82, 2.24) is 19.6 Å². The molecule has 0 aliphatic carbocycles. The van der Waals surface area contributed by atoms with Crippen molar-refractivity contribution in [2.45, 2.75) is 46.1 Å². The second-order valence-corrected chi connectivity index (χ2v) is 9.31. The molecule has 0 radical (unpaired) electrons. The van der Waals surface area contributed by atoms with Gasteiger partial charge in [-0.05, 0) is 38.0 Å². The number of piperazine rings is 2. The standard InChI is InChI=1S/C17H32N4O2.C9H9Cl/c1-3-4-5-16(2)20-10-12-21(13-11-20)17(23)14-18-6-8-19(15-22)9-7-18;1-2-3-8-4-6-9(10)7-5-8/h15-16H,3-14H2,1-2H3;2-7H,1H3/b;3-2+. The molecule has 7 heteroatoms. The minimum atomic E-state index is 0.241. The number of halogens is 1. The van der Waals surface area contributed by atoms with E-state index >= 15 is 0 Å². The second-order valence-electron chi connectivity index (χ2n) is 8.88. The van der Waals surface area contributed by atoms with E-state index in [1.807, 2.05) is 48.2 Å². The van der Waals surface area contributed by atoms with Gasteiger partial charge in [-0.1, -0.05) is 55.7 Å². The van der Waals surface area contributed by atoms with E-state index in [1.165, 1.54) is 24.8 Å². The van der Waals surface area contributed by atoms with Gasteiger partial charge in [0.1, 0.15) is 0 Å². The van der Waals surface area contributed by atoms with Crippen molar-refractivity contribution in [3.05, 3.63) is 40.9 Å². The molecular formula is C26H41ClN4O2. The van der Waals surface area contributed by atoms with Crippen LogP contribution >= 0.6 is 11.6 Å². The summed E-state index contributed by atoms with van der Waals surface area (Å²) in [6.07, 6.45) is 8.73. The molecule has 2 aliphatic rings. The van der Waals surface area contributed by atoms with Crippen LogP contribution in [0.2, 0.25) is 5.02 Å². The highest BCUT2D eigenvalue weighted by Gasteiger charge is 2.25. The molecule has 2 saturated heterocycles. The Morgan fingerprint density at radius 1 is 1.03 bits per heavy atom. The van der Waals surface area contributed by atoms with Gasteiger partial charge in [-0.2, -0.15) is 0 Å². The van der Waals surface area contributed by atoms with Crippen LogP contribution in [0.4, 0.5) is 0 Å². The molecule has 0 N–H and O–H groups in total. The summed E-state index contributed by atoms with van der Waals surface area (Å²) in [5.74, 6) is 0.241. The maximum absolute atomic E-state index is 12.4. The van der Waals surface area contributed by atoms with Crippen LogP contribution in [0, 0.1) is 0 Å². The van der Waals surface area contributed by atoms with Crippen molar-refractivity contribution in [2.24, 2.45) is 0 Å². The Balaban J connectivity index is 0.000000321. The number of hydrogen-bond donors (Lipinski definition) is 0. The van der Waals surface area contributed by atoms with Crippen molar-refractivity contribution >= 4 is 30.0 Å². The number of carbonyl (C=O) groups is 2. The Kier molecular flexibility index (Phi) is 12.5. The summed E-state index contributed by atoms with van der Waals surface area (Å²) in [6.45, 7) is 13.8. The van der Waals surface area contributed by atoms with Crippen LogP contribution in [0.25, 0.3) is 6.08 Å². The third-order valence-corrected chi connectivity index (χ3v) is 6.66. The molecule has 1 unspecified atom stereocenters. The Labute approximate surface area is 205 Å². The van der Waals surface area contributed by atoms with E-state index in [-0.39, 0.29) is 5.91 Å². The molecule has 2 heterocycles.